The molecular weight excluding hydrogens is 326 g/mol. The van der Waals surface area contributed by atoms with Crippen LogP contribution < -0.4 is 10.6 Å². The Balaban J connectivity index is 1.47. The minimum absolute atomic E-state index is 0.156. The first kappa shape index (κ1) is 18.7. The van der Waals surface area contributed by atoms with Gasteiger partial charge < -0.3 is 20.6 Å². The highest BCUT2D eigenvalue weighted by atomic mass is 16.3. The van der Waals surface area contributed by atoms with Crippen LogP contribution in [-0.4, -0.2) is 48.8 Å². The maximum absolute atomic E-state index is 12.3. The van der Waals surface area contributed by atoms with Gasteiger partial charge in [-0.25, -0.2) is 4.79 Å². The second-order valence-electron chi connectivity index (χ2n) is 7.20. The van der Waals surface area contributed by atoms with Crippen molar-refractivity contribution in [2.45, 2.75) is 26.2 Å². The van der Waals surface area contributed by atoms with Crippen molar-refractivity contribution in [3.05, 3.63) is 42.0 Å². The molecule has 1 aliphatic heterocycles. The summed E-state index contributed by atoms with van der Waals surface area (Å²) < 4.78 is 0. The fourth-order valence-corrected chi connectivity index (χ4v) is 3.71. The highest BCUT2D eigenvalue weighted by Crippen LogP contribution is 2.26. The van der Waals surface area contributed by atoms with Gasteiger partial charge >= 0.3 is 6.03 Å². The summed E-state index contributed by atoms with van der Waals surface area (Å²) in [4.78, 5) is 14.7. The van der Waals surface area contributed by atoms with Crippen molar-refractivity contribution < 1.29 is 9.90 Å². The quantitative estimate of drug-likeness (QED) is 0.696. The second-order valence-corrected chi connectivity index (χ2v) is 7.20. The molecule has 26 heavy (non-hydrogen) atoms. The van der Waals surface area contributed by atoms with Gasteiger partial charge in [0, 0.05) is 25.1 Å². The summed E-state index contributed by atoms with van der Waals surface area (Å²) in [5.41, 5.74) is 1.93. The van der Waals surface area contributed by atoms with Crippen LogP contribution in [0.1, 0.15) is 24.8 Å². The molecule has 3 N–H and O–H groups in total. The minimum Gasteiger partial charge on any atom is -0.396 e. The lowest BCUT2D eigenvalue weighted by Gasteiger charge is -2.31. The summed E-state index contributed by atoms with van der Waals surface area (Å²) >= 11 is 0. The van der Waals surface area contributed by atoms with E-state index < -0.39 is 0 Å². The average Bonchev–Trinajstić information content (AvgIpc) is 2.68. The van der Waals surface area contributed by atoms with Gasteiger partial charge in [-0.2, -0.15) is 0 Å². The number of anilines is 1. The first-order chi connectivity index (χ1) is 12.7. The van der Waals surface area contributed by atoms with Crippen molar-refractivity contribution in [1.29, 1.82) is 0 Å². The zero-order chi connectivity index (χ0) is 18.4. The van der Waals surface area contributed by atoms with Crippen LogP contribution in [-0.2, 0) is 0 Å². The molecule has 0 bridgehead atoms. The van der Waals surface area contributed by atoms with Crippen LogP contribution in [0.5, 0.6) is 0 Å². The van der Waals surface area contributed by atoms with Crippen molar-refractivity contribution >= 4 is 22.5 Å². The lowest BCUT2D eigenvalue weighted by molar-refractivity contribution is 0.120. The van der Waals surface area contributed by atoms with E-state index in [-0.39, 0.29) is 12.6 Å². The summed E-state index contributed by atoms with van der Waals surface area (Å²) in [6.45, 7) is 5.97. The van der Waals surface area contributed by atoms with Gasteiger partial charge in [0.25, 0.3) is 0 Å². The number of likely N-dealkylation sites (tertiary alicyclic amines) is 1. The number of aliphatic hydroxyl groups excluding tert-OH is 1. The van der Waals surface area contributed by atoms with E-state index in [0.717, 1.165) is 60.9 Å². The molecule has 0 aliphatic carbocycles. The van der Waals surface area contributed by atoms with E-state index in [4.69, 9.17) is 0 Å². The molecule has 140 valence electrons. The number of fused-ring (bicyclic) bond motifs is 1. The number of rotatable bonds is 6. The number of aryl methyl sites for hydroxylation is 1. The minimum atomic E-state index is -0.156. The molecule has 5 heteroatoms. The van der Waals surface area contributed by atoms with Crippen molar-refractivity contribution in [2.75, 3.05) is 38.1 Å². The fourth-order valence-electron chi connectivity index (χ4n) is 3.71. The Bertz CT molecular complexity index is 747. The monoisotopic (exact) mass is 355 g/mol. The Morgan fingerprint density at radius 1 is 1.27 bits per heavy atom. The van der Waals surface area contributed by atoms with Crippen LogP contribution >= 0.6 is 0 Å². The molecule has 0 aromatic heterocycles. The number of piperidine rings is 1. The maximum atomic E-state index is 12.3. The molecule has 3 rings (SSSR count). The normalized spacial score (nSPS) is 18.0. The predicted octanol–water partition coefficient (Wildman–Crippen LogP) is 3.36. The van der Waals surface area contributed by atoms with Gasteiger partial charge in [0.1, 0.15) is 0 Å². The summed E-state index contributed by atoms with van der Waals surface area (Å²) in [6, 6.07) is 12.0. The summed E-state index contributed by atoms with van der Waals surface area (Å²) in [5, 5.41) is 17.5. The van der Waals surface area contributed by atoms with Crippen LogP contribution in [0.3, 0.4) is 0 Å². The lowest BCUT2D eigenvalue weighted by atomic mass is 9.99. The molecule has 2 aromatic rings. The van der Waals surface area contributed by atoms with E-state index in [9.17, 15) is 9.90 Å². The number of amides is 2. The number of benzene rings is 2. The number of aliphatic hydroxyl groups is 1. The van der Waals surface area contributed by atoms with Crippen LogP contribution in [0.25, 0.3) is 10.8 Å². The molecule has 1 saturated heterocycles. The SMILES string of the molecule is Cc1ccc2ccccc2c1NC(=O)NCCCN1CCC[C@H](CO)C1. The molecule has 1 atom stereocenters. The Labute approximate surface area is 155 Å². The first-order valence-corrected chi connectivity index (χ1v) is 9.54. The van der Waals surface area contributed by atoms with Gasteiger partial charge in [-0.3, -0.25) is 0 Å². The van der Waals surface area contributed by atoms with Gasteiger partial charge in [0.15, 0.2) is 0 Å². The molecule has 0 unspecified atom stereocenters. The summed E-state index contributed by atoms with van der Waals surface area (Å²) in [7, 11) is 0. The van der Waals surface area contributed by atoms with Crippen molar-refractivity contribution in [3.8, 4) is 0 Å². The fraction of sp³-hybridized carbons (Fsp3) is 0.476. The Kier molecular flexibility index (Phi) is 6.47. The van der Waals surface area contributed by atoms with Gasteiger partial charge in [0.2, 0.25) is 0 Å². The number of hydrogen-bond donors (Lipinski definition) is 3. The van der Waals surface area contributed by atoms with Crippen molar-refractivity contribution in [1.82, 2.24) is 10.2 Å². The van der Waals surface area contributed by atoms with E-state index in [0.29, 0.717) is 12.5 Å². The Morgan fingerprint density at radius 3 is 2.96 bits per heavy atom. The number of carbonyl (C=O) groups excluding carboxylic acids is 1. The van der Waals surface area contributed by atoms with Crippen molar-refractivity contribution in [3.63, 3.8) is 0 Å². The van der Waals surface area contributed by atoms with Gasteiger partial charge in [0.05, 0.1) is 5.69 Å². The molecular formula is C21H29N3O2. The highest BCUT2D eigenvalue weighted by Gasteiger charge is 2.18. The molecule has 5 nitrogen and oxygen atoms in total. The summed E-state index contributed by atoms with van der Waals surface area (Å²) in [6.07, 6.45) is 3.19. The Hall–Kier alpha value is -2.11. The third-order valence-corrected chi connectivity index (χ3v) is 5.17. The van der Waals surface area contributed by atoms with E-state index in [2.05, 4.69) is 27.7 Å². The number of nitrogens with one attached hydrogen (secondary N) is 2. The zero-order valence-corrected chi connectivity index (χ0v) is 15.5. The molecule has 2 aromatic carbocycles. The van der Waals surface area contributed by atoms with Crippen LogP contribution in [0.4, 0.5) is 10.5 Å². The predicted molar refractivity (Wildman–Crippen MR) is 107 cm³/mol. The van der Waals surface area contributed by atoms with Gasteiger partial charge in [-0.15, -0.1) is 0 Å². The maximum Gasteiger partial charge on any atom is 0.319 e. The number of nitrogens with zero attached hydrogens (tertiary/aromatic N) is 1. The van der Waals surface area contributed by atoms with Gasteiger partial charge in [-0.1, -0.05) is 36.4 Å². The molecule has 0 spiro atoms. The van der Waals surface area contributed by atoms with Crippen LogP contribution in [0, 0.1) is 12.8 Å². The standard InChI is InChI=1S/C21H29N3O2/c1-16-9-10-18-7-2-3-8-19(18)20(16)23-21(26)22-11-5-13-24-12-4-6-17(14-24)15-25/h2-3,7-10,17,25H,4-6,11-15H2,1H3,(H2,22,23,26)/t17-/m0/s1. The van der Waals surface area contributed by atoms with E-state index in [1.54, 1.807) is 0 Å². The van der Waals surface area contributed by atoms with Crippen LogP contribution in [0.2, 0.25) is 0 Å². The molecule has 2 amide bonds. The largest absolute Gasteiger partial charge is 0.396 e. The van der Waals surface area contributed by atoms with Crippen LogP contribution in [0.15, 0.2) is 36.4 Å². The molecule has 1 aliphatic rings. The third kappa shape index (κ3) is 4.74. The highest BCUT2D eigenvalue weighted by molar-refractivity contribution is 6.02. The zero-order valence-electron chi connectivity index (χ0n) is 15.5. The first-order valence-electron chi connectivity index (χ1n) is 9.54. The number of hydrogen-bond acceptors (Lipinski definition) is 3. The van der Waals surface area contributed by atoms with Gasteiger partial charge in [-0.05, 0) is 56.1 Å². The van der Waals surface area contributed by atoms with E-state index in [1.165, 1.54) is 0 Å². The second kappa shape index (κ2) is 9.01. The Morgan fingerprint density at radius 2 is 2.12 bits per heavy atom. The topological polar surface area (TPSA) is 64.6 Å². The van der Waals surface area contributed by atoms with Crippen molar-refractivity contribution in [2.24, 2.45) is 5.92 Å². The number of carbonyl (C=O) groups is 1. The number of urea groups is 1. The average molecular weight is 355 g/mol. The van der Waals surface area contributed by atoms with E-state index >= 15 is 0 Å². The molecule has 1 fully saturated rings. The third-order valence-electron chi connectivity index (χ3n) is 5.17. The molecule has 0 saturated carbocycles. The summed E-state index contributed by atoms with van der Waals surface area (Å²) in [5.74, 6) is 0.411. The van der Waals surface area contributed by atoms with E-state index in [1.807, 2.05) is 31.2 Å². The molecule has 0 radical (unpaired) electrons. The lowest BCUT2D eigenvalue weighted by Crippen LogP contribution is -2.39. The smallest absolute Gasteiger partial charge is 0.319 e. The molecule has 1 heterocycles.